The van der Waals surface area contributed by atoms with E-state index in [2.05, 4.69) is 57.5 Å². The molecule has 148 valence electrons. The van der Waals surface area contributed by atoms with Crippen LogP contribution in [0.1, 0.15) is 92.9 Å². The summed E-state index contributed by atoms with van der Waals surface area (Å²) in [6, 6.07) is 0. The molecule has 3 nitrogen and oxygen atoms in total. The lowest BCUT2D eigenvalue weighted by Crippen LogP contribution is -2.49. The van der Waals surface area contributed by atoms with Crippen LogP contribution >= 0.6 is 15.9 Å². The topological polar surface area (TPSA) is 27.7 Å². The number of rotatable bonds is 6. The average molecular weight is 419 g/mol. The molecule has 0 bridgehead atoms. The Balaban J connectivity index is 2.25. The second-order valence-electron chi connectivity index (χ2n) is 8.92. The molecule has 0 aliphatic carbocycles. The van der Waals surface area contributed by atoms with E-state index in [1.165, 1.54) is 19.3 Å². The van der Waals surface area contributed by atoms with E-state index in [4.69, 9.17) is 14.2 Å². The third kappa shape index (κ3) is 5.00. The second kappa shape index (κ2) is 8.58. The maximum absolute atomic E-state index is 6.87. The third-order valence-electron chi connectivity index (χ3n) is 6.32. The van der Waals surface area contributed by atoms with Crippen molar-refractivity contribution in [2.24, 2.45) is 0 Å². The van der Waals surface area contributed by atoms with Gasteiger partial charge in [-0.05, 0) is 66.7 Å². The average Bonchev–Trinajstić information content (AvgIpc) is 2.69. The first-order chi connectivity index (χ1) is 11.7. The van der Waals surface area contributed by atoms with Crippen LogP contribution in [0.5, 0.6) is 0 Å². The van der Waals surface area contributed by atoms with Gasteiger partial charge in [-0.2, -0.15) is 0 Å². The highest BCUT2D eigenvalue weighted by molar-refractivity contribution is 9.09. The van der Waals surface area contributed by atoms with E-state index in [0.29, 0.717) is 4.83 Å². The van der Waals surface area contributed by atoms with E-state index in [9.17, 15) is 0 Å². The molecule has 0 aromatic heterocycles. The Morgan fingerprint density at radius 1 is 1.00 bits per heavy atom. The first-order valence-electron chi connectivity index (χ1n) is 10.3. The molecule has 2 unspecified atom stereocenters. The molecule has 2 rings (SSSR count). The summed E-state index contributed by atoms with van der Waals surface area (Å²) in [4.78, 5) is 0.365. The predicted molar refractivity (Wildman–Crippen MR) is 108 cm³/mol. The van der Waals surface area contributed by atoms with Gasteiger partial charge in [0.1, 0.15) is 0 Å². The number of ether oxygens (including phenoxy) is 3. The summed E-state index contributed by atoms with van der Waals surface area (Å²) in [5, 5.41) is 0. The van der Waals surface area contributed by atoms with Gasteiger partial charge in [0.05, 0.1) is 29.0 Å². The number of hydrogen-bond donors (Lipinski definition) is 0. The van der Waals surface area contributed by atoms with Gasteiger partial charge < -0.3 is 14.2 Å². The highest BCUT2D eigenvalue weighted by Gasteiger charge is 2.52. The number of fused-ring (bicyclic) bond motifs is 1. The Morgan fingerprint density at radius 3 is 2.36 bits per heavy atom. The molecule has 0 radical (unpaired) electrons. The van der Waals surface area contributed by atoms with Crippen LogP contribution in [0.4, 0.5) is 0 Å². The third-order valence-corrected chi connectivity index (χ3v) is 7.88. The molecule has 4 heteroatoms. The normalized spacial score (nSPS) is 41.6. The van der Waals surface area contributed by atoms with Crippen LogP contribution in [0.3, 0.4) is 0 Å². The molecular formula is C21H39BrO3. The molecule has 2 fully saturated rings. The molecule has 2 heterocycles. The van der Waals surface area contributed by atoms with Gasteiger partial charge in [0.25, 0.3) is 0 Å². The van der Waals surface area contributed by atoms with E-state index < -0.39 is 0 Å². The summed E-state index contributed by atoms with van der Waals surface area (Å²) in [5.74, 6) is 0. The van der Waals surface area contributed by atoms with Crippen LogP contribution in [0, 0.1) is 0 Å². The van der Waals surface area contributed by atoms with Crippen molar-refractivity contribution in [1.82, 2.24) is 0 Å². The fraction of sp³-hybridized carbons (Fsp3) is 1.00. The Hall–Kier alpha value is 0.360. The monoisotopic (exact) mass is 418 g/mol. The zero-order chi connectivity index (χ0) is 18.7. The van der Waals surface area contributed by atoms with Gasteiger partial charge in [-0.25, -0.2) is 0 Å². The molecule has 0 aromatic rings. The van der Waals surface area contributed by atoms with Crippen molar-refractivity contribution in [3.8, 4) is 0 Å². The molecule has 0 amide bonds. The van der Waals surface area contributed by atoms with Crippen LogP contribution in [0.25, 0.3) is 0 Å². The van der Waals surface area contributed by atoms with Gasteiger partial charge in [0.2, 0.25) is 0 Å². The van der Waals surface area contributed by atoms with E-state index in [0.717, 1.165) is 38.7 Å². The molecule has 2 saturated heterocycles. The fourth-order valence-electron chi connectivity index (χ4n) is 4.45. The smallest absolute Gasteiger partial charge is 0.0920 e. The molecule has 25 heavy (non-hydrogen) atoms. The first kappa shape index (κ1) is 21.7. The maximum Gasteiger partial charge on any atom is 0.0920 e. The first-order valence-corrected chi connectivity index (χ1v) is 11.2. The van der Waals surface area contributed by atoms with Gasteiger partial charge in [0.15, 0.2) is 0 Å². The zero-order valence-corrected chi connectivity index (χ0v) is 18.8. The molecular weight excluding hydrogens is 380 g/mol. The van der Waals surface area contributed by atoms with Crippen LogP contribution in [-0.2, 0) is 14.2 Å². The van der Waals surface area contributed by atoms with Crippen molar-refractivity contribution in [2.45, 2.75) is 127 Å². The summed E-state index contributed by atoms with van der Waals surface area (Å²) in [5.41, 5.74) is -0.611. The molecule has 0 N–H and O–H groups in total. The van der Waals surface area contributed by atoms with Gasteiger partial charge in [0, 0.05) is 11.4 Å². The molecule has 0 aromatic carbocycles. The van der Waals surface area contributed by atoms with E-state index >= 15 is 0 Å². The van der Waals surface area contributed by atoms with Crippen LogP contribution in [0.2, 0.25) is 0 Å². The van der Waals surface area contributed by atoms with Gasteiger partial charge in [-0.3, -0.25) is 0 Å². The number of alkyl halides is 1. The van der Waals surface area contributed by atoms with E-state index in [1.807, 2.05) is 0 Å². The van der Waals surface area contributed by atoms with Gasteiger partial charge in [-0.1, -0.05) is 42.1 Å². The van der Waals surface area contributed by atoms with Crippen molar-refractivity contribution in [1.29, 1.82) is 0 Å². The summed E-state index contributed by atoms with van der Waals surface area (Å²) in [6.45, 7) is 14.0. The highest BCUT2D eigenvalue weighted by atomic mass is 79.9. The Labute approximate surface area is 163 Å². The van der Waals surface area contributed by atoms with Crippen LogP contribution in [-0.4, -0.2) is 40.4 Å². The van der Waals surface area contributed by atoms with E-state index in [1.54, 1.807) is 0 Å². The highest BCUT2D eigenvalue weighted by Crippen LogP contribution is 2.46. The number of unbranched alkanes of at least 4 members (excludes halogenated alkanes) is 2. The minimum atomic E-state index is -0.231. The standard InChI is InChI=1S/C21H39BrO3/c1-7-9-10-11-17-20(5,23-8-2)15-13-18-21(6,25-17)14-12-16(22)19(3,4)24-18/h16-18H,7-15H2,1-6H3/t16?,17?,18-,20-,21+/m1/s1. The zero-order valence-electron chi connectivity index (χ0n) is 17.2. The fourth-order valence-corrected chi connectivity index (χ4v) is 4.79. The number of hydrogen-bond acceptors (Lipinski definition) is 3. The van der Waals surface area contributed by atoms with E-state index in [-0.39, 0.29) is 29.0 Å². The van der Waals surface area contributed by atoms with Gasteiger partial charge in [-0.15, -0.1) is 0 Å². The van der Waals surface area contributed by atoms with Crippen LogP contribution < -0.4 is 0 Å². The lowest BCUT2D eigenvalue weighted by molar-refractivity contribution is -0.208. The maximum atomic E-state index is 6.87. The molecule has 2 aliphatic rings. The lowest BCUT2D eigenvalue weighted by atomic mass is 9.88. The Kier molecular flexibility index (Phi) is 7.43. The number of halogens is 1. The molecule has 0 saturated carbocycles. The molecule has 2 aliphatic heterocycles. The van der Waals surface area contributed by atoms with Crippen molar-refractivity contribution in [3.05, 3.63) is 0 Å². The Morgan fingerprint density at radius 2 is 1.72 bits per heavy atom. The minimum Gasteiger partial charge on any atom is -0.373 e. The second-order valence-corrected chi connectivity index (χ2v) is 10.0. The summed E-state index contributed by atoms with van der Waals surface area (Å²) in [6.07, 6.45) is 9.16. The minimum absolute atomic E-state index is 0.126. The predicted octanol–water partition coefficient (Wildman–Crippen LogP) is 6.02. The summed E-state index contributed by atoms with van der Waals surface area (Å²) in [7, 11) is 0. The Bertz CT molecular complexity index is 427. The van der Waals surface area contributed by atoms with Crippen molar-refractivity contribution >= 4 is 15.9 Å². The van der Waals surface area contributed by atoms with Crippen molar-refractivity contribution in [3.63, 3.8) is 0 Å². The molecule has 5 atom stereocenters. The SMILES string of the molecule is CCCCCC1O[C@@]2(C)CCC(Br)C(C)(C)O[C@@H]2CC[C@@]1(C)OCC. The summed E-state index contributed by atoms with van der Waals surface area (Å²) >= 11 is 3.85. The summed E-state index contributed by atoms with van der Waals surface area (Å²) < 4.78 is 19.7. The quantitative estimate of drug-likeness (QED) is 0.389. The largest absolute Gasteiger partial charge is 0.373 e. The lowest BCUT2D eigenvalue weighted by Gasteiger charge is -2.41. The van der Waals surface area contributed by atoms with Crippen molar-refractivity contribution < 1.29 is 14.2 Å². The van der Waals surface area contributed by atoms with Crippen LogP contribution in [0.15, 0.2) is 0 Å². The molecule has 0 spiro atoms. The van der Waals surface area contributed by atoms with Crippen molar-refractivity contribution in [2.75, 3.05) is 6.61 Å². The van der Waals surface area contributed by atoms with Gasteiger partial charge >= 0.3 is 0 Å².